The molecule has 0 aliphatic carbocycles. The van der Waals surface area contributed by atoms with Crippen molar-refractivity contribution >= 4 is 23.0 Å². The van der Waals surface area contributed by atoms with Gasteiger partial charge in [-0.1, -0.05) is 26.0 Å². The minimum atomic E-state index is -0.478. The van der Waals surface area contributed by atoms with Crippen LogP contribution in [-0.4, -0.2) is 63.5 Å². The van der Waals surface area contributed by atoms with Crippen LogP contribution in [0.2, 0.25) is 0 Å². The van der Waals surface area contributed by atoms with Crippen LogP contribution in [0, 0.1) is 5.92 Å². The van der Waals surface area contributed by atoms with E-state index in [0.717, 1.165) is 0 Å². The van der Waals surface area contributed by atoms with Gasteiger partial charge in [0.05, 0.1) is 17.1 Å². The van der Waals surface area contributed by atoms with Crippen molar-refractivity contribution in [3.8, 4) is 0 Å². The van der Waals surface area contributed by atoms with Crippen molar-refractivity contribution in [3.63, 3.8) is 0 Å². The molecular weight excluding hydrogens is 360 g/mol. The van der Waals surface area contributed by atoms with Crippen LogP contribution >= 0.6 is 0 Å². The number of para-hydroxylation sites is 2. The first-order valence-electron chi connectivity index (χ1n) is 9.69. The number of H-pyrrole nitrogens is 1. The van der Waals surface area contributed by atoms with E-state index in [0.29, 0.717) is 49.5 Å². The summed E-state index contributed by atoms with van der Waals surface area (Å²) in [6.07, 6.45) is 1.06. The van der Waals surface area contributed by atoms with Gasteiger partial charge in [-0.2, -0.15) is 0 Å². The predicted molar refractivity (Wildman–Crippen MR) is 103 cm³/mol. The summed E-state index contributed by atoms with van der Waals surface area (Å²) in [5, 5.41) is 0. The number of ether oxygens (including phenoxy) is 1. The third kappa shape index (κ3) is 3.23. The molecule has 3 heterocycles. The number of amides is 2. The summed E-state index contributed by atoms with van der Waals surface area (Å²) in [6, 6.07) is 7.26. The third-order valence-corrected chi connectivity index (χ3v) is 5.66. The molecule has 2 saturated heterocycles. The number of cyclic esters (lactones) is 1. The highest BCUT2D eigenvalue weighted by Gasteiger charge is 2.41. The van der Waals surface area contributed by atoms with Crippen LogP contribution in [0.5, 0.6) is 0 Å². The van der Waals surface area contributed by atoms with Gasteiger partial charge in [-0.05, 0) is 30.9 Å². The van der Waals surface area contributed by atoms with E-state index in [1.54, 1.807) is 23.1 Å². The number of fused-ring (bicyclic) bond motifs is 1. The van der Waals surface area contributed by atoms with Crippen LogP contribution in [0.4, 0.5) is 4.79 Å². The fraction of sp³-hybridized carbons (Fsp3) is 0.500. The van der Waals surface area contributed by atoms with Crippen molar-refractivity contribution in [2.45, 2.75) is 38.8 Å². The molecule has 2 aliphatic heterocycles. The largest absolute Gasteiger partial charge is 0.447 e. The van der Waals surface area contributed by atoms with Gasteiger partial charge in [-0.15, -0.1) is 0 Å². The van der Waals surface area contributed by atoms with Crippen molar-refractivity contribution in [1.29, 1.82) is 0 Å². The van der Waals surface area contributed by atoms with E-state index in [4.69, 9.17) is 4.74 Å². The Morgan fingerprint density at radius 3 is 2.64 bits per heavy atom. The number of hydrogen-bond donors (Lipinski definition) is 1. The van der Waals surface area contributed by atoms with Crippen molar-refractivity contribution in [3.05, 3.63) is 40.3 Å². The lowest BCUT2D eigenvalue weighted by atomic mass is 9.97. The van der Waals surface area contributed by atoms with E-state index in [2.05, 4.69) is 23.8 Å². The topological polar surface area (TPSA) is 95.6 Å². The molecule has 8 heteroatoms. The van der Waals surface area contributed by atoms with E-state index < -0.39 is 5.56 Å². The number of likely N-dealkylation sites (tertiary alicyclic amines) is 1. The smallest absolute Gasteiger partial charge is 0.410 e. The zero-order valence-corrected chi connectivity index (χ0v) is 16.1. The van der Waals surface area contributed by atoms with Crippen molar-refractivity contribution < 1.29 is 14.3 Å². The Balaban J connectivity index is 1.48. The van der Waals surface area contributed by atoms with E-state index in [1.165, 1.54) is 0 Å². The van der Waals surface area contributed by atoms with Crippen LogP contribution < -0.4 is 5.56 Å². The molecule has 8 nitrogen and oxygen atoms in total. The Hall–Kier alpha value is -2.90. The molecule has 2 aliphatic rings. The van der Waals surface area contributed by atoms with Crippen molar-refractivity contribution in [1.82, 2.24) is 19.8 Å². The minimum Gasteiger partial charge on any atom is -0.447 e. The summed E-state index contributed by atoms with van der Waals surface area (Å²) >= 11 is 0. The third-order valence-electron chi connectivity index (χ3n) is 5.66. The first-order valence-corrected chi connectivity index (χ1v) is 9.69. The van der Waals surface area contributed by atoms with Gasteiger partial charge in [0, 0.05) is 19.1 Å². The van der Waals surface area contributed by atoms with E-state index in [1.807, 2.05) is 11.0 Å². The van der Waals surface area contributed by atoms with Gasteiger partial charge in [0.15, 0.2) is 5.69 Å². The average molecular weight is 384 g/mol. The average Bonchev–Trinajstić information content (AvgIpc) is 3.09. The quantitative estimate of drug-likeness (QED) is 0.873. The van der Waals surface area contributed by atoms with Crippen LogP contribution in [-0.2, 0) is 4.74 Å². The Morgan fingerprint density at radius 1 is 1.21 bits per heavy atom. The zero-order chi connectivity index (χ0) is 19.8. The highest BCUT2D eigenvalue weighted by atomic mass is 16.6. The van der Waals surface area contributed by atoms with E-state index in [9.17, 15) is 14.4 Å². The Kier molecular flexibility index (Phi) is 4.78. The number of nitrogens with zero attached hydrogens (tertiary/aromatic N) is 3. The molecule has 2 aromatic rings. The summed E-state index contributed by atoms with van der Waals surface area (Å²) in [7, 11) is 0. The van der Waals surface area contributed by atoms with Crippen molar-refractivity contribution in [2.24, 2.45) is 5.92 Å². The second kappa shape index (κ2) is 7.26. The molecule has 2 amide bonds. The number of piperidine rings is 1. The maximum atomic E-state index is 12.9. The normalized spacial score (nSPS) is 20.8. The number of aromatic nitrogens is 2. The lowest BCUT2D eigenvalue weighted by Gasteiger charge is -2.38. The van der Waals surface area contributed by atoms with Gasteiger partial charge >= 0.3 is 6.09 Å². The zero-order valence-electron chi connectivity index (χ0n) is 16.1. The standard InChI is InChI=1S/C20H24N4O4/c1-12(2)16-11-28-20(27)24(16)13-7-9-23(10-8-13)19(26)17-18(25)22-15-6-4-3-5-14(15)21-17/h3-6,12-13,16H,7-11H2,1-2H3,(H,22,25). The van der Waals surface area contributed by atoms with Gasteiger partial charge in [0.2, 0.25) is 0 Å². The number of benzene rings is 1. The highest BCUT2D eigenvalue weighted by molar-refractivity contribution is 5.93. The predicted octanol–water partition coefficient (Wildman–Crippen LogP) is 2.00. The molecule has 1 unspecified atom stereocenters. The van der Waals surface area contributed by atoms with Gasteiger partial charge in [-0.25, -0.2) is 9.78 Å². The van der Waals surface area contributed by atoms with Gasteiger partial charge < -0.3 is 14.6 Å². The molecule has 148 valence electrons. The molecule has 0 bridgehead atoms. The summed E-state index contributed by atoms with van der Waals surface area (Å²) in [4.78, 5) is 47.8. The molecule has 0 radical (unpaired) electrons. The number of carbonyl (C=O) groups excluding carboxylic acids is 2. The minimum absolute atomic E-state index is 0.0503. The Bertz CT molecular complexity index is 962. The molecule has 2 fully saturated rings. The van der Waals surface area contributed by atoms with Crippen LogP contribution in [0.15, 0.2) is 29.1 Å². The van der Waals surface area contributed by atoms with Crippen LogP contribution in [0.25, 0.3) is 11.0 Å². The molecule has 1 atom stereocenters. The molecule has 0 spiro atoms. The highest BCUT2D eigenvalue weighted by Crippen LogP contribution is 2.27. The number of carbonyl (C=O) groups is 2. The first kappa shape index (κ1) is 18.5. The lowest BCUT2D eigenvalue weighted by Crippen LogP contribution is -2.51. The molecule has 0 saturated carbocycles. The maximum Gasteiger partial charge on any atom is 0.410 e. The second-order valence-electron chi connectivity index (χ2n) is 7.75. The fourth-order valence-electron chi connectivity index (χ4n) is 4.05. The van der Waals surface area contributed by atoms with Gasteiger partial charge in [0.25, 0.3) is 11.5 Å². The monoisotopic (exact) mass is 384 g/mol. The SMILES string of the molecule is CC(C)C1COC(=O)N1C1CCN(C(=O)c2nc3ccccc3[nH]c2=O)CC1. The van der Waals surface area contributed by atoms with Crippen molar-refractivity contribution in [2.75, 3.05) is 19.7 Å². The molecule has 1 aromatic heterocycles. The van der Waals surface area contributed by atoms with Gasteiger partial charge in [0.1, 0.15) is 6.61 Å². The first-order chi connectivity index (χ1) is 13.5. The summed E-state index contributed by atoms with van der Waals surface area (Å²) in [5.74, 6) is -0.0543. The van der Waals surface area contributed by atoms with E-state index >= 15 is 0 Å². The van der Waals surface area contributed by atoms with Gasteiger partial charge in [-0.3, -0.25) is 14.5 Å². The molecule has 1 aromatic carbocycles. The number of hydrogen-bond acceptors (Lipinski definition) is 5. The number of nitrogens with one attached hydrogen (secondary N) is 1. The number of rotatable bonds is 3. The van der Waals surface area contributed by atoms with Crippen LogP contribution in [0.1, 0.15) is 37.2 Å². The molecule has 4 rings (SSSR count). The fourth-order valence-corrected chi connectivity index (χ4v) is 4.05. The Labute approximate surface area is 162 Å². The van der Waals surface area contributed by atoms with E-state index in [-0.39, 0.29) is 29.8 Å². The molecule has 1 N–H and O–H groups in total. The summed E-state index contributed by atoms with van der Waals surface area (Å²) in [6.45, 7) is 5.54. The lowest BCUT2D eigenvalue weighted by molar-refractivity contribution is 0.0613. The molecule has 28 heavy (non-hydrogen) atoms. The number of aromatic amines is 1. The summed E-state index contributed by atoms with van der Waals surface area (Å²) in [5.41, 5.74) is 0.626. The Morgan fingerprint density at radius 2 is 1.93 bits per heavy atom. The van der Waals surface area contributed by atoms with Crippen LogP contribution in [0.3, 0.4) is 0 Å². The maximum absolute atomic E-state index is 12.9. The molecular formula is C20H24N4O4. The summed E-state index contributed by atoms with van der Waals surface area (Å²) < 4.78 is 5.24. The second-order valence-corrected chi connectivity index (χ2v) is 7.75.